The molecule has 0 aliphatic rings. The van der Waals surface area contributed by atoms with E-state index in [0.717, 1.165) is 5.56 Å². The van der Waals surface area contributed by atoms with Crippen LogP contribution in [0, 0.1) is 0 Å². The summed E-state index contributed by atoms with van der Waals surface area (Å²) in [4.78, 5) is 10.5. The zero-order valence-electron chi connectivity index (χ0n) is 9.59. The summed E-state index contributed by atoms with van der Waals surface area (Å²) in [5.74, 6) is 0.683. The van der Waals surface area contributed by atoms with E-state index in [2.05, 4.69) is 0 Å². The average molecular weight is 225 g/mol. The zero-order valence-corrected chi connectivity index (χ0v) is 9.59. The molecule has 2 nitrogen and oxygen atoms in total. The topological polar surface area (TPSA) is 26.3 Å². The molecule has 2 rings (SSSR count). The second-order valence-electron chi connectivity index (χ2n) is 3.80. The number of benzene rings is 2. The van der Waals surface area contributed by atoms with Crippen LogP contribution in [-0.2, 0) is 4.79 Å². The Bertz CT molecular complexity index is 491. The molecule has 0 spiro atoms. The van der Waals surface area contributed by atoms with Crippen molar-refractivity contribution >= 4 is 6.29 Å². The Morgan fingerprint density at radius 2 is 1.82 bits per heavy atom. The number of hydrogen-bond donors (Lipinski definition) is 0. The Morgan fingerprint density at radius 1 is 1.06 bits per heavy atom. The second kappa shape index (κ2) is 5.30. The van der Waals surface area contributed by atoms with E-state index in [1.54, 1.807) is 18.2 Å². The highest BCUT2D eigenvalue weighted by molar-refractivity contribution is 5.75. The molecule has 2 heteroatoms. The maximum Gasteiger partial charge on any atom is 0.233 e. The summed E-state index contributed by atoms with van der Waals surface area (Å²) in [5.41, 5.74) is 1.61. The van der Waals surface area contributed by atoms with Gasteiger partial charge in [0.05, 0.1) is 0 Å². The molecule has 0 fully saturated rings. The second-order valence-corrected chi connectivity index (χ2v) is 3.80. The Kier molecular flexibility index (Phi) is 3.55. The monoisotopic (exact) mass is 225 g/mol. The Hall–Kier alpha value is -2.09. The normalized spacial score (nSPS) is 11.8. The van der Waals surface area contributed by atoms with Crippen molar-refractivity contribution in [3.8, 4) is 5.75 Å². The first-order chi connectivity index (χ1) is 8.29. The van der Waals surface area contributed by atoms with E-state index < -0.39 is 0 Å². The number of rotatable bonds is 4. The van der Waals surface area contributed by atoms with Crippen LogP contribution in [-0.4, -0.2) is 6.29 Å². The third-order valence-corrected chi connectivity index (χ3v) is 2.53. The van der Waals surface area contributed by atoms with E-state index in [9.17, 15) is 4.79 Å². The molecule has 1 atom stereocenters. The molecule has 0 bridgehead atoms. The Labute approximate surface area is 101 Å². The van der Waals surface area contributed by atoms with Crippen LogP contribution in [0.1, 0.15) is 24.2 Å². The van der Waals surface area contributed by atoms with Gasteiger partial charge >= 0.3 is 0 Å². The molecule has 0 N–H and O–H groups in total. The highest BCUT2D eigenvalue weighted by Gasteiger charge is 2.06. The molecule has 17 heavy (non-hydrogen) atoms. The van der Waals surface area contributed by atoms with Crippen molar-refractivity contribution in [3.05, 3.63) is 65.7 Å². The molecule has 1 radical (unpaired) electrons. The minimum Gasteiger partial charge on any atom is -0.486 e. The van der Waals surface area contributed by atoms with Crippen LogP contribution in [0.2, 0.25) is 0 Å². The molecule has 0 saturated heterocycles. The zero-order chi connectivity index (χ0) is 12.1. The quantitative estimate of drug-likeness (QED) is 0.798. The van der Waals surface area contributed by atoms with Crippen LogP contribution in [0.15, 0.2) is 54.6 Å². The fourth-order valence-corrected chi connectivity index (χ4v) is 1.63. The van der Waals surface area contributed by atoms with Gasteiger partial charge in [0.2, 0.25) is 6.29 Å². The number of carbonyl (C=O) groups excluding carboxylic acids is 1. The van der Waals surface area contributed by atoms with Gasteiger partial charge in [0.1, 0.15) is 11.9 Å². The van der Waals surface area contributed by atoms with E-state index >= 15 is 0 Å². The summed E-state index contributed by atoms with van der Waals surface area (Å²) in [6.45, 7) is 1.98. The van der Waals surface area contributed by atoms with Gasteiger partial charge in [0, 0.05) is 5.56 Å². The van der Waals surface area contributed by atoms with Gasteiger partial charge in [-0.15, -0.1) is 0 Å². The highest BCUT2D eigenvalue weighted by atomic mass is 16.5. The molecule has 0 aliphatic heterocycles. The Morgan fingerprint density at radius 3 is 2.53 bits per heavy atom. The van der Waals surface area contributed by atoms with Gasteiger partial charge in [0.25, 0.3) is 0 Å². The van der Waals surface area contributed by atoms with Crippen LogP contribution in [0.4, 0.5) is 0 Å². The van der Waals surface area contributed by atoms with E-state index in [1.165, 1.54) is 0 Å². The summed E-state index contributed by atoms with van der Waals surface area (Å²) in [6.07, 6.45) is 1.81. The first-order valence-corrected chi connectivity index (χ1v) is 5.49. The standard InChI is InChI=1S/C15H13O2/c1-12(14-7-3-2-4-8-14)17-15-9-5-6-13(10-15)11-16/h2-10,12H,1H3. The van der Waals surface area contributed by atoms with Gasteiger partial charge in [-0.3, -0.25) is 4.79 Å². The fraction of sp³-hybridized carbons (Fsp3) is 0.133. The van der Waals surface area contributed by atoms with Crippen LogP contribution >= 0.6 is 0 Å². The van der Waals surface area contributed by atoms with E-state index in [1.807, 2.05) is 49.6 Å². The van der Waals surface area contributed by atoms with Gasteiger partial charge in [-0.1, -0.05) is 42.5 Å². The molecule has 85 valence electrons. The average Bonchev–Trinajstić information content (AvgIpc) is 2.40. The lowest BCUT2D eigenvalue weighted by Gasteiger charge is -2.15. The molecule has 0 aliphatic carbocycles. The maximum absolute atomic E-state index is 10.5. The first kappa shape index (κ1) is 11.4. The van der Waals surface area contributed by atoms with Crippen molar-refractivity contribution in [2.75, 3.05) is 0 Å². The van der Waals surface area contributed by atoms with Crippen molar-refractivity contribution in [2.45, 2.75) is 13.0 Å². The van der Waals surface area contributed by atoms with Crippen molar-refractivity contribution < 1.29 is 9.53 Å². The molecule has 2 aromatic carbocycles. The van der Waals surface area contributed by atoms with E-state index in [4.69, 9.17) is 4.74 Å². The van der Waals surface area contributed by atoms with Gasteiger partial charge in [0.15, 0.2) is 0 Å². The molecule has 2 aromatic rings. The first-order valence-electron chi connectivity index (χ1n) is 5.49. The van der Waals surface area contributed by atoms with Gasteiger partial charge in [-0.2, -0.15) is 0 Å². The van der Waals surface area contributed by atoms with Crippen molar-refractivity contribution in [1.82, 2.24) is 0 Å². The fourth-order valence-electron chi connectivity index (χ4n) is 1.63. The van der Waals surface area contributed by atoms with Gasteiger partial charge in [-0.05, 0) is 24.6 Å². The number of hydrogen-bond acceptors (Lipinski definition) is 2. The van der Waals surface area contributed by atoms with Crippen LogP contribution in [0.25, 0.3) is 0 Å². The summed E-state index contributed by atoms with van der Waals surface area (Å²) < 4.78 is 5.76. The SMILES string of the molecule is CC(Oc1cccc([C]=O)c1)c1ccccc1. The molecule has 1 unspecified atom stereocenters. The largest absolute Gasteiger partial charge is 0.486 e. The van der Waals surface area contributed by atoms with Gasteiger partial charge < -0.3 is 4.74 Å². The summed E-state index contributed by atoms with van der Waals surface area (Å²) in [7, 11) is 0. The van der Waals surface area contributed by atoms with Crippen LogP contribution in [0.3, 0.4) is 0 Å². The lowest BCUT2D eigenvalue weighted by atomic mass is 10.1. The lowest BCUT2D eigenvalue weighted by molar-refractivity contribution is 0.227. The molecule has 0 aromatic heterocycles. The minimum absolute atomic E-state index is 0.0434. The molecule has 0 heterocycles. The molecule has 0 amide bonds. The molecule has 0 saturated carbocycles. The maximum atomic E-state index is 10.5. The van der Waals surface area contributed by atoms with E-state index in [0.29, 0.717) is 11.3 Å². The van der Waals surface area contributed by atoms with Crippen LogP contribution in [0.5, 0.6) is 5.75 Å². The van der Waals surface area contributed by atoms with Crippen molar-refractivity contribution in [1.29, 1.82) is 0 Å². The smallest absolute Gasteiger partial charge is 0.233 e. The highest BCUT2D eigenvalue weighted by Crippen LogP contribution is 2.21. The summed E-state index contributed by atoms with van der Waals surface area (Å²) >= 11 is 0. The third kappa shape index (κ3) is 2.94. The predicted molar refractivity (Wildman–Crippen MR) is 66.7 cm³/mol. The lowest BCUT2D eigenvalue weighted by Crippen LogP contribution is -2.02. The number of ether oxygens (including phenoxy) is 1. The Balaban J connectivity index is 2.13. The van der Waals surface area contributed by atoms with Crippen LogP contribution < -0.4 is 4.74 Å². The van der Waals surface area contributed by atoms with E-state index in [-0.39, 0.29) is 6.10 Å². The van der Waals surface area contributed by atoms with Crippen molar-refractivity contribution in [2.24, 2.45) is 0 Å². The van der Waals surface area contributed by atoms with Crippen molar-refractivity contribution in [3.63, 3.8) is 0 Å². The summed E-state index contributed by atoms with van der Waals surface area (Å²) in [6, 6.07) is 17.0. The minimum atomic E-state index is -0.0434. The molecular formula is C15H13O2. The predicted octanol–water partition coefficient (Wildman–Crippen LogP) is 3.28. The van der Waals surface area contributed by atoms with Gasteiger partial charge in [-0.25, -0.2) is 0 Å². The molecular weight excluding hydrogens is 212 g/mol. The summed E-state index contributed by atoms with van der Waals surface area (Å²) in [5, 5.41) is 0. The third-order valence-electron chi connectivity index (χ3n) is 2.53.